The first-order chi connectivity index (χ1) is 6.65. The molecule has 5 heteroatoms. The summed E-state index contributed by atoms with van der Waals surface area (Å²) in [5.74, 6) is 0.343. The minimum atomic E-state index is -1.09. The predicted octanol–water partition coefficient (Wildman–Crippen LogP) is -0.0282. The van der Waals surface area contributed by atoms with Gasteiger partial charge in [-0.2, -0.15) is 5.26 Å². The zero-order valence-electron chi connectivity index (χ0n) is 7.46. The van der Waals surface area contributed by atoms with Gasteiger partial charge in [0.05, 0.1) is 18.6 Å². The standard InChI is InChI=1S/C9H11N3O2/c10-4-3-7(13)9(14)6-1-2-8(11)12-5-6/h1-2,5,7,9,13-14H,3H2,(H2,11,12). The van der Waals surface area contributed by atoms with Gasteiger partial charge in [-0.05, 0) is 6.07 Å². The Labute approximate surface area is 81.4 Å². The highest BCUT2D eigenvalue weighted by Crippen LogP contribution is 2.18. The molecule has 2 unspecified atom stereocenters. The van der Waals surface area contributed by atoms with Crippen LogP contribution in [0.1, 0.15) is 18.1 Å². The molecule has 0 aromatic carbocycles. The van der Waals surface area contributed by atoms with Crippen LogP contribution in [-0.4, -0.2) is 21.3 Å². The lowest BCUT2D eigenvalue weighted by atomic mass is 10.0. The highest BCUT2D eigenvalue weighted by atomic mass is 16.3. The molecule has 0 fully saturated rings. The molecule has 0 spiro atoms. The lowest BCUT2D eigenvalue weighted by Gasteiger charge is -2.14. The smallest absolute Gasteiger partial charge is 0.123 e. The molecule has 0 bridgehead atoms. The fraction of sp³-hybridized carbons (Fsp3) is 0.333. The van der Waals surface area contributed by atoms with Crippen LogP contribution in [0.2, 0.25) is 0 Å². The maximum absolute atomic E-state index is 9.53. The van der Waals surface area contributed by atoms with Crippen molar-refractivity contribution in [2.75, 3.05) is 5.73 Å². The van der Waals surface area contributed by atoms with Gasteiger partial charge in [0.15, 0.2) is 0 Å². The van der Waals surface area contributed by atoms with E-state index in [0.29, 0.717) is 11.4 Å². The Hall–Kier alpha value is -1.64. The van der Waals surface area contributed by atoms with E-state index in [0.717, 1.165) is 0 Å². The van der Waals surface area contributed by atoms with Crippen LogP contribution in [0.4, 0.5) is 5.82 Å². The van der Waals surface area contributed by atoms with Crippen molar-refractivity contribution in [3.8, 4) is 6.07 Å². The number of anilines is 1. The molecule has 0 radical (unpaired) electrons. The molecule has 1 aromatic rings. The number of nitrogens with two attached hydrogens (primary N) is 1. The monoisotopic (exact) mass is 193 g/mol. The number of rotatable bonds is 3. The first kappa shape index (κ1) is 10.4. The van der Waals surface area contributed by atoms with Gasteiger partial charge in [-0.15, -0.1) is 0 Å². The van der Waals surface area contributed by atoms with Crippen molar-refractivity contribution in [1.29, 1.82) is 5.26 Å². The summed E-state index contributed by atoms with van der Waals surface area (Å²) in [4.78, 5) is 3.77. The van der Waals surface area contributed by atoms with Gasteiger partial charge in [0.25, 0.3) is 0 Å². The molecule has 1 heterocycles. The summed E-state index contributed by atoms with van der Waals surface area (Å²) >= 11 is 0. The maximum Gasteiger partial charge on any atom is 0.123 e. The van der Waals surface area contributed by atoms with Gasteiger partial charge >= 0.3 is 0 Å². The molecule has 0 saturated carbocycles. The molecule has 14 heavy (non-hydrogen) atoms. The Morgan fingerprint density at radius 2 is 2.21 bits per heavy atom. The molecule has 4 N–H and O–H groups in total. The first-order valence-corrected chi connectivity index (χ1v) is 4.09. The van der Waals surface area contributed by atoms with E-state index in [2.05, 4.69) is 4.98 Å². The molecule has 1 aromatic heterocycles. The van der Waals surface area contributed by atoms with E-state index in [9.17, 15) is 10.2 Å². The largest absolute Gasteiger partial charge is 0.389 e. The van der Waals surface area contributed by atoms with Gasteiger partial charge in [0, 0.05) is 11.8 Å². The lowest BCUT2D eigenvalue weighted by Crippen LogP contribution is -2.17. The Kier molecular flexibility index (Phi) is 3.40. The van der Waals surface area contributed by atoms with E-state index in [1.165, 1.54) is 12.3 Å². The number of pyridine rings is 1. The molecule has 0 saturated heterocycles. The average Bonchev–Trinajstić information content (AvgIpc) is 2.18. The molecular formula is C9H11N3O2. The van der Waals surface area contributed by atoms with E-state index < -0.39 is 12.2 Å². The highest BCUT2D eigenvalue weighted by molar-refractivity contribution is 5.30. The van der Waals surface area contributed by atoms with Crippen LogP contribution >= 0.6 is 0 Å². The summed E-state index contributed by atoms with van der Waals surface area (Å²) in [6.45, 7) is 0. The van der Waals surface area contributed by atoms with Crippen LogP contribution in [0, 0.1) is 11.3 Å². The average molecular weight is 193 g/mol. The minimum Gasteiger partial charge on any atom is -0.389 e. The molecule has 0 aliphatic heterocycles. The number of aliphatic hydroxyl groups is 2. The predicted molar refractivity (Wildman–Crippen MR) is 49.8 cm³/mol. The molecule has 0 aliphatic carbocycles. The minimum absolute atomic E-state index is 0.120. The van der Waals surface area contributed by atoms with Gasteiger partial charge in [-0.25, -0.2) is 4.98 Å². The quantitative estimate of drug-likeness (QED) is 0.625. The maximum atomic E-state index is 9.53. The summed E-state index contributed by atoms with van der Waals surface area (Å²) in [5, 5.41) is 27.2. The molecule has 5 nitrogen and oxygen atoms in total. The zero-order chi connectivity index (χ0) is 10.6. The number of hydrogen-bond acceptors (Lipinski definition) is 5. The number of aromatic nitrogens is 1. The van der Waals surface area contributed by atoms with Crippen LogP contribution in [-0.2, 0) is 0 Å². The van der Waals surface area contributed by atoms with Crippen molar-refractivity contribution in [3.05, 3.63) is 23.9 Å². The summed E-state index contributed by atoms with van der Waals surface area (Å²) in [7, 11) is 0. The molecule has 1 rings (SSSR count). The second-order valence-electron chi connectivity index (χ2n) is 2.89. The lowest BCUT2D eigenvalue weighted by molar-refractivity contribution is 0.0214. The topological polar surface area (TPSA) is 103 Å². The normalized spacial score (nSPS) is 14.4. The van der Waals surface area contributed by atoms with Crippen LogP contribution < -0.4 is 5.73 Å². The van der Waals surface area contributed by atoms with Crippen LogP contribution in [0.25, 0.3) is 0 Å². The third-order valence-corrected chi connectivity index (χ3v) is 1.82. The second kappa shape index (κ2) is 4.56. The van der Waals surface area contributed by atoms with Crippen molar-refractivity contribution < 1.29 is 10.2 Å². The summed E-state index contributed by atoms with van der Waals surface area (Å²) in [5.41, 5.74) is 5.80. The van der Waals surface area contributed by atoms with Crippen molar-refractivity contribution in [3.63, 3.8) is 0 Å². The highest BCUT2D eigenvalue weighted by Gasteiger charge is 2.17. The molecule has 0 aliphatic rings. The van der Waals surface area contributed by atoms with Gasteiger partial charge in [-0.1, -0.05) is 6.07 Å². The SMILES string of the molecule is N#CCC(O)C(O)c1ccc(N)nc1. The van der Waals surface area contributed by atoms with Gasteiger partial charge in [-0.3, -0.25) is 0 Å². The Morgan fingerprint density at radius 3 is 2.71 bits per heavy atom. The fourth-order valence-electron chi connectivity index (χ4n) is 1.02. The molecule has 2 atom stereocenters. The van der Waals surface area contributed by atoms with E-state index in [1.54, 1.807) is 12.1 Å². The third-order valence-electron chi connectivity index (χ3n) is 1.82. The van der Waals surface area contributed by atoms with E-state index in [4.69, 9.17) is 11.0 Å². The van der Waals surface area contributed by atoms with Crippen molar-refractivity contribution in [1.82, 2.24) is 4.98 Å². The molecule has 74 valence electrons. The van der Waals surface area contributed by atoms with Gasteiger partial charge in [0.1, 0.15) is 11.9 Å². The van der Waals surface area contributed by atoms with Crippen molar-refractivity contribution in [2.45, 2.75) is 18.6 Å². The fourth-order valence-corrected chi connectivity index (χ4v) is 1.02. The van der Waals surface area contributed by atoms with E-state index in [1.807, 2.05) is 0 Å². The van der Waals surface area contributed by atoms with Gasteiger partial charge < -0.3 is 15.9 Å². The number of nitriles is 1. The van der Waals surface area contributed by atoms with Crippen molar-refractivity contribution >= 4 is 5.82 Å². The van der Waals surface area contributed by atoms with E-state index in [-0.39, 0.29) is 6.42 Å². The number of aliphatic hydroxyl groups excluding tert-OH is 2. The Morgan fingerprint density at radius 1 is 1.50 bits per heavy atom. The number of nitrogen functional groups attached to an aromatic ring is 1. The summed E-state index contributed by atoms with van der Waals surface area (Å²) in [6.07, 6.45) is -0.931. The van der Waals surface area contributed by atoms with Gasteiger partial charge in [0.2, 0.25) is 0 Å². The first-order valence-electron chi connectivity index (χ1n) is 4.09. The molecule has 0 amide bonds. The van der Waals surface area contributed by atoms with E-state index >= 15 is 0 Å². The van der Waals surface area contributed by atoms with Crippen LogP contribution in [0.5, 0.6) is 0 Å². The number of hydrogen-bond donors (Lipinski definition) is 3. The van der Waals surface area contributed by atoms with Crippen LogP contribution in [0.15, 0.2) is 18.3 Å². The third kappa shape index (κ3) is 2.42. The second-order valence-corrected chi connectivity index (χ2v) is 2.89. The Bertz CT molecular complexity index is 331. The summed E-state index contributed by atoms with van der Waals surface area (Å²) < 4.78 is 0. The molecular weight excluding hydrogens is 182 g/mol. The Balaban J connectivity index is 2.74. The number of nitrogens with zero attached hydrogens (tertiary/aromatic N) is 2. The van der Waals surface area contributed by atoms with Crippen molar-refractivity contribution in [2.24, 2.45) is 0 Å². The zero-order valence-corrected chi connectivity index (χ0v) is 7.46. The summed E-state index contributed by atoms with van der Waals surface area (Å²) in [6, 6.07) is 4.86. The van der Waals surface area contributed by atoms with Crippen LogP contribution in [0.3, 0.4) is 0 Å².